The Kier molecular flexibility index (Phi) is 6.53. The summed E-state index contributed by atoms with van der Waals surface area (Å²) in [4.78, 5) is 29.3. The maximum atomic E-state index is 12.9. The van der Waals surface area contributed by atoms with Gasteiger partial charge in [0, 0.05) is 36.5 Å². The van der Waals surface area contributed by atoms with E-state index in [0.29, 0.717) is 35.8 Å². The topological polar surface area (TPSA) is 79.8 Å². The van der Waals surface area contributed by atoms with E-state index < -0.39 is 0 Å². The summed E-state index contributed by atoms with van der Waals surface area (Å²) in [5, 5.41) is 5.82. The molecule has 0 bridgehead atoms. The molecule has 154 valence electrons. The van der Waals surface area contributed by atoms with Crippen LogP contribution in [0.15, 0.2) is 64.3 Å². The molecule has 6 nitrogen and oxygen atoms in total. The lowest BCUT2D eigenvalue weighted by Crippen LogP contribution is -2.27. The zero-order valence-electron chi connectivity index (χ0n) is 17.5. The van der Waals surface area contributed by atoms with E-state index in [1.165, 1.54) is 16.5 Å². The molecule has 0 atom stereocenters. The Balaban J connectivity index is 1.77. The van der Waals surface area contributed by atoms with Crippen LogP contribution in [0.1, 0.15) is 43.1 Å². The van der Waals surface area contributed by atoms with Gasteiger partial charge >= 0.3 is 0 Å². The van der Waals surface area contributed by atoms with Gasteiger partial charge < -0.3 is 5.32 Å². The third-order valence-electron chi connectivity index (χ3n) is 4.94. The van der Waals surface area contributed by atoms with Gasteiger partial charge in [0.2, 0.25) is 0 Å². The molecule has 2 N–H and O–H groups in total. The molecule has 6 heteroatoms. The Hall–Kier alpha value is -3.59. The molecule has 2 heterocycles. The van der Waals surface area contributed by atoms with Crippen LogP contribution in [0.2, 0.25) is 0 Å². The lowest BCUT2D eigenvalue weighted by molar-refractivity contribution is 0.0948. The number of nitrogens with zero attached hydrogens (tertiary/aromatic N) is 2. The molecule has 1 aliphatic carbocycles. The van der Waals surface area contributed by atoms with Crippen molar-refractivity contribution in [3.05, 3.63) is 81.0 Å². The minimum absolute atomic E-state index is 0.164. The monoisotopic (exact) mass is 402 g/mol. The Morgan fingerprint density at radius 1 is 1.37 bits per heavy atom. The number of pyridine rings is 1. The average Bonchev–Trinajstić information content (AvgIpc) is 3.00. The number of aromatic nitrogens is 3. The molecule has 0 spiro atoms. The van der Waals surface area contributed by atoms with Crippen molar-refractivity contribution < 1.29 is 4.79 Å². The number of H-pyrrole nitrogens is 1. The van der Waals surface area contributed by atoms with Crippen LogP contribution in [-0.4, -0.2) is 27.2 Å². The highest BCUT2D eigenvalue weighted by atomic mass is 16.1. The van der Waals surface area contributed by atoms with Crippen molar-refractivity contribution in [2.24, 2.45) is 5.92 Å². The zero-order chi connectivity index (χ0) is 21.7. The summed E-state index contributed by atoms with van der Waals surface area (Å²) in [7, 11) is 0. The standard InChI is InChI=1S/C24H26N4O2/c1-5-18-7-6-17(4)19(9-8-18)12-21-15-27-28(24(21)30)22-11-10-20(14-25-22)23(29)26-13-16(2)3/h1,7-11,14-16,27H,6,12-13H2,2-4H3,(H,26,29). The summed E-state index contributed by atoms with van der Waals surface area (Å²) in [5.41, 5.74) is 4.03. The van der Waals surface area contributed by atoms with E-state index in [1.54, 1.807) is 18.3 Å². The van der Waals surface area contributed by atoms with Crippen LogP contribution < -0.4 is 10.9 Å². The number of allylic oxidation sites excluding steroid dienone is 6. The molecule has 0 saturated heterocycles. The fourth-order valence-corrected chi connectivity index (χ4v) is 3.07. The number of aromatic amines is 1. The number of terminal acetylenes is 1. The molecule has 2 aromatic heterocycles. The van der Waals surface area contributed by atoms with Gasteiger partial charge in [-0.25, -0.2) is 9.67 Å². The van der Waals surface area contributed by atoms with Crippen molar-refractivity contribution in [3.63, 3.8) is 0 Å². The van der Waals surface area contributed by atoms with Gasteiger partial charge in [0.15, 0.2) is 5.82 Å². The minimum Gasteiger partial charge on any atom is -0.352 e. The summed E-state index contributed by atoms with van der Waals surface area (Å²) >= 11 is 0. The molecular formula is C24H26N4O2. The normalized spacial score (nSPS) is 13.8. The highest BCUT2D eigenvalue weighted by Crippen LogP contribution is 2.20. The Bertz CT molecular complexity index is 1120. The molecule has 0 unspecified atom stereocenters. The maximum Gasteiger partial charge on any atom is 0.276 e. The molecule has 0 fully saturated rings. The van der Waals surface area contributed by atoms with Gasteiger partial charge in [-0.1, -0.05) is 37.5 Å². The van der Waals surface area contributed by atoms with Crippen LogP contribution in [0.25, 0.3) is 5.82 Å². The van der Waals surface area contributed by atoms with Crippen LogP contribution >= 0.6 is 0 Å². The van der Waals surface area contributed by atoms with Crippen LogP contribution in [0.4, 0.5) is 0 Å². The van der Waals surface area contributed by atoms with Crippen molar-refractivity contribution in [1.29, 1.82) is 0 Å². The second kappa shape index (κ2) is 9.27. The van der Waals surface area contributed by atoms with Gasteiger partial charge in [0.1, 0.15) is 0 Å². The van der Waals surface area contributed by atoms with Crippen molar-refractivity contribution >= 4 is 5.91 Å². The molecule has 0 saturated carbocycles. The number of carbonyl (C=O) groups excluding carboxylic acids is 1. The molecule has 2 aromatic rings. The fraction of sp³-hybridized carbons (Fsp3) is 0.292. The van der Waals surface area contributed by atoms with Crippen LogP contribution in [-0.2, 0) is 6.42 Å². The smallest absolute Gasteiger partial charge is 0.276 e. The summed E-state index contributed by atoms with van der Waals surface area (Å²) in [5.74, 6) is 3.28. The minimum atomic E-state index is -0.176. The number of carbonyl (C=O) groups is 1. The third kappa shape index (κ3) is 4.87. The van der Waals surface area contributed by atoms with Gasteiger partial charge in [-0.05, 0) is 43.0 Å². The molecule has 0 aromatic carbocycles. The van der Waals surface area contributed by atoms with E-state index in [2.05, 4.69) is 21.3 Å². The molecule has 1 aliphatic rings. The number of hydrogen-bond acceptors (Lipinski definition) is 3. The number of rotatable bonds is 6. The van der Waals surface area contributed by atoms with Crippen molar-refractivity contribution in [1.82, 2.24) is 20.1 Å². The Morgan fingerprint density at radius 3 is 2.83 bits per heavy atom. The predicted octanol–water partition coefficient (Wildman–Crippen LogP) is 3.32. The van der Waals surface area contributed by atoms with Gasteiger partial charge in [0.05, 0.1) is 5.56 Å². The second-order valence-electron chi connectivity index (χ2n) is 7.77. The first-order valence-corrected chi connectivity index (χ1v) is 9.96. The van der Waals surface area contributed by atoms with E-state index >= 15 is 0 Å². The van der Waals surface area contributed by atoms with Crippen molar-refractivity contribution in [2.45, 2.75) is 33.6 Å². The summed E-state index contributed by atoms with van der Waals surface area (Å²) in [6, 6.07) is 3.32. The Morgan fingerprint density at radius 2 is 2.17 bits per heavy atom. The van der Waals surface area contributed by atoms with E-state index in [4.69, 9.17) is 6.42 Å². The predicted molar refractivity (Wildman–Crippen MR) is 118 cm³/mol. The first kappa shape index (κ1) is 21.1. The second-order valence-corrected chi connectivity index (χ2v) is 7.77. The fourth-order valence-electron chi connectivity index (χ4n) is 3.07. The van der Waals surface area contributed by atoms with Crippen LogP contribution in [0.3, 0.4) is 0 Å². The largest absolute Gasteiger partial charge is 0.352 e. The Labute approximate surface area is 176 Å². The zero-order valence-corrected chi connectivity index (χ0v) is 17.5. The van der Waals surface area contributed by atoms with Gasteiger partial charge in [0.25, 0.3) is 11.5 Å². The summed E-state index contributed by atoms with van der Waals surface area (Å²) in [6.07, 6.45) is 15.8. The third-order valence-corrected chi connectivity index (χ3v) is 4.94. The van der Waals surface area contributed by atoms with Gasteiger partial charge in [-0.15, -0.1) is 6.42 Å². The number of hydrogen-bond donors (Lipinski definition) is 2. The van der Waals surface area contributed by atoms with E-state index in [0.717, 1.165) is 17.6 Å². The maximum absolute atomic E-state index is 12.9. The highest BCUT2D eigenvalue weighted by Gasteiger charge is 2.13. The van der Waals surface area contributed by atoms with E-state index in [-0.39, 0.29) is 11.5 Å². The number of amides is 1. The lowest BCUT2D eigenvalue weighted by Gasteiger charge is -2.08. The lowest BCUT2D eigenvalue weighted by atomic mass is 10.0. The molecule has 0 radical (unpaired) electrons. The van der Waals surface area contributed by atoms with Crippen LogP contribution in [0.5, 0.6) is 0 Å². The van der Waals surface area contributed by atoms with Crippen LogP contribution in [0, 0.1) is 18.3 Å². The summed E-state index contributed by atoms with van der Waals surface area (Å²) < 4.78 is 1.38. The molecule has 30 heavy (non-hydrogen) atoms. The molecular weight excluding hydrogens is 376 g/mol. The average molecular weight is 402 g/mol. The highest BCUT2D eigenvalue weighted by molar-refractivity contribution is 5.93. The molecule has 1 amide bonds. The SMILES string of the molecule is C#CC1=CCC(C)=C(Cc2c[nH]n(-c3ccc(C(=O)NCC(C)C)cn3)c2=O)C=C1. The van der Waals surface area contributed by atoms with E-state index in [9.17, 15) is 9.59 Å². The van der Waals surface area contributed by atoms with E-state index in [1.807, 2.05) is 39.0 Å². The van der Waals surface area contributed by atoms with Gasteiger partial charge in [-0.3, -0.25) is 14.7 Å². The quantitative estimate of drug-likeness (QED) is 0.728. The number of nitrogens with one attached hydrogen (secondary N) is 2. The van der Waals surface area contributed by atoms with Gasteiger partial charge in [-0.2, -0.15) is 0 Å². The van der Waals surface area contributed by atoms with Crippen molar-refractivity contribution in [2.75, 3.05) is 6.54 Å². The summed E-state index contributed by atoms with van der Waals surface area (Å²) in [6.45, 7) is 6.71. The molecule has 0 aliphatic heterocycles. The first-order chi connectivity index (χ1) is 14.4. The molecule has 3 rings (SSSR count). The first-order valence-electron chi connectivity index (χ1n) is 9.96. The van der Waals surface area contributed by atoms with Crippen molar-refractivity contribution in [3.8, 4) is 18.2 Å².